The Bertz CT molecular complexity index is 97.9. The van der Waals surface area contributed by atoms with E-state index in [1.165, 1.54) is 14.2 Å². The molecule has 40 valence electrons. The predicted octanol–water partition coefficient (Wildman–Crippen LogP) is 0.0957. The lowest BCUT2D eigenvalue weighted by atomic mass is 11.0. The molecule has 3 nitrogen and oxygen atoms in total. The lowest BCUT2D eigenvalue weighted by molar-refractivity contribution is -0.403. The molecule has 0 aliphatic rings. The average Bonchev–Trinajstić information content (AvgIpc) is 1.65. The normalized spacial score (nSPS) is 7.71. The molecule has 0 saturated carbocycles. The molecular formula is C4H8NO2+. The Kier molecular flexibility index (Phi) is 2.05. The lowest BCUT2D eigenvalue weighted by Crippen LogP contribution is -2.12. The van der Waals surface area contributed by atoms with Crippen LogP contribution in [-0.2, 0) is 4.74 Å². The number of nitrogens with zero attached hydrogens (tertiary/aromatic N) is 1. The molecule has 0 aliphatic heterocycles. The Hall–Kier alpha value is -0.860. The smallest absolute Gasteiger partial charge is 0.415 e. The highest BCUT2D eigenvalue weighted by Crippen LogP contribution is 1.71. The molecule has 0 N–H and O–H groups in total. The molecular weight excluding hydrogens is 94.0 g/mol. The molecule has 0 saturated heterocycles. The van der Waals surface area contributed by atoms with Gasteiger partial charge in [0.05, 0.1) is 7.11 Å². The van der Waals surface area contributed by atoms with Gasteiger partial charge in [0.1, 0.15) is 13.8 Å². The Labute approximate surface area is 42.2 Å². The highest BCUT2D eigenvalue weighted by molar-refractivity contribution is 5.59. The molecule has 0 unspecified atom stereocenters. The predicted molar refractivity (Wildman–Crippen MR) is 25.7 cm³/mol. The summed E-state index contributed by atoms with van der Waals surface area (Å²) in [4.78, 5) is 10.2. The summed E-state index contributed by atoms with van der Waals surface area (Å²) in [5.41, 5.74) is 0. The SMILES string of the molecule is C=[N+](C)C(=O)OC. The van der Waals surface area contributed by atoms with E-state index in [1.54, 1.807) is 0 Å². The zero-order valence-corrected chi connectivity index (χ0v) is 4.47. The minimum absolute atomic E-state index is 0.431. The van der Waals surface area contributed by atoms with Crippen LogP contribution in [0.5, 0.6) is 0 Å². The van der Waals surface area contributed by atoms with Crippen molar-refractivity contribution in [2.75, 3.05) is 14.2 Å². The van der Waals surface area contributed by atoms with E-state index in [-0.39, 0.29) is 0 Å². The van der Waals surface area contributed by atoms with Gasteiger partial charge in [-0.1, -0.05) is 0 Å². The average molecular weight is 102 g/mol. The Morgan fingerprint density at radius 1 is 1.86 bits per heavy atom. The summed E-state index contributed by atoms with van der Waals surface area (Å²) in [6.45, 7) is 3.27. The summed E-state index contributed by atoms with van der Waals surface area (Å²) in [7, 11) is 2.83. The van der Waals surface area contributed by atoms with Crippen LogP contribution in [0, 0.1) is 0 Å². The molecule has 0 aromatic rings. The monoisotopic (exact) mass is 102 g/mol. The van der Waals surface area contributed by atoms with Crippen LogP contribution in [0.25, 0.3) is 0 Å². The summed E-state index contributed by atoms with van der Waals surface area (Å²) in [5.74, 6) is 0. The van der Waals surface area contributed by atoms with E-state index >= 15 is 0 Å². The van der Waals surface area contributed by atoms with Crippen molar-refractivity contribution in [1.29, 1.82) is 0 Å². The third kappa shape index (κ3) is 1.92. The molecule has 7 heavy (non-hydrogen) atoms. The van der Waals surface area contributed by atoms with Crippen molar-refractivity contribution in [2.24, 2.45) is 0 Å². The van der Waals surface area contributed by atoms with Crippen LogP contribution in [0.1, 0.15) is 0 Å². The molecule has 0 rings (SSSR count). The zero-order chi connectivity index (χ0) is 5.86. The van der Waals surface area contributed by atoms with E-state index in [2.05, 4.69) is 11.5 Å². The van der Waals surface area contributed by atoms with Gasteiger partial charge in [-0.05, 0) is 0 Å². The van der Waals surface area contributed by atoms with Crippen LogP contribution in [0.3, 0.4) is 0 Å². The molecule has 0 aliphatic carbocycles. The van der Waals surface area contributed by atoms with E-state index in [4.69, 9.17) is 0 Å². The van der Waals surface area contributed by atoms with Crippen molar-refractivity contribution >= 4 is 12.8 Å². The van der Waals surface area contributed by atoms with Crippen molar-refractivity contribution in [3.63, 3.8) is 0 Å². The van der Waals surface area contributed by atoms with Gasteiger partial charge in [-0.15, -0.1) is 4.58 Å². The fourth-order valence-corrected chi connectivity index (χ4v) is 0.156. The first kappa shape index (κ1) is 6.14. The number of ether oxygens (including phenoxy) is 1. The number of amides is 1. The van der Waals surface area contributed by atoms with E-state index < -0.39 is 6.09 Å². The van der Waals surface area contributed by atoms with E-state index in [0.29, 0.717) is 0 Å². The molecule has 0 bridgehead atoms. The number of carbonyl (C=O) groups is 1. The van der Waals surface area contributed by atoms with Crippen molar-refractivity contribution in [3.8, 4) is 0 Å². The fraction of sp³-hybridized carbons (Fsp3) is 0.500. The second-order valence-corrected chi connectivity index (χ2v) is 1.17. The van der Waals surface area contributed by atoms with E-state index in [0.717, 1.165) is 4.58 Å². The van der Waals surface area contributed by atoms with E-state index in [9.17, 15) is 4.79 Å². The van der Waals surface area contributed by atoms with Gasteiger partial charge >= 0.3 is 6.09 Å². The Morgan fingerprint density at radius 2 is 2.29 bits per heavy atom. The fourth-order valence-electron chi connectivity index (χ4n) is 0.156. The minimum atomic E-state index is -0.431. The molecule has 3 heteroatoms. The zero-order valence-electron chi connectivity index (χ0n) is 4.47. The van der Waals surface area contributed by atoms with Crippen LogP contribution in [0.2, 0.25) is 0 Å². The molecule has 0 radical (unpaired) electrons. The Balaban J connectivity index is 3.58. The summed E-state index contributed by atoms with van der Waals surface area (Å²) < 4.78 is 5.35. The Morgan fingerprint density at radius 3 is 2.29 bits per heavy atom. The summed E-state index contributed by atoms with van der Waals surface area (Å²) in [5, 5.41) is 0. The number of hydrogen-bond donors (Lipinski definition) is 0. The quantitative estimate of drug-likeness (QED) is 0.320. The minimum Gasteiger partial charge on any atom is -0.415 e. The first-order chi connectivity index (χ1) is 3.18. The van der Waals surface area contributed by atoms with Crippen molar-refractivity contribution < 1.29 is 14.1 Å². The van der Waals surface area contributed by atoms with Crippen LogP contribution < -0.4 is 0 Å². The lowest BCUT2D eigenvalue weighted by Gasteiger charge is -1.85. The van der Waals surface area contributed by atoms with Gasteiger partial charge in [-0.2, -0.15) is 4.79 Å². The number of methoxy groups -OCH3 is 1. The largest absolute Gasteiger partial charge is 0.595 e. The molecule has 0 aromatic heterocycles. The van der Waals surface area contributed by atoms with Crippen molar-refractivity contribution in [2.45, 2.75) is 0 Å². The van der Waals surface area contributed by atoms with Crippen molar-refractivity contribution in [3.05, 3.63) is 0 Å². The summed E-state index contributed by atoms with van der Waals surface area (Å²) in [6.07, 6.45) is -0.431. The first-order valence-electron chi connectivity index (χ1n) is 1.80. The third-order valence-corrected chi connectivity index (χ3v) is 0.486. The highest BCUT2D eigenvalue weighted by Gasteiger charge is 2.05. The maximum atomic E-state index is 10.2. The molecule has 0 heterocycles. The second-order valence-electron chi connectivity index (χ2n) is 1.17. The van der Waals surface area contributed by atoms with E-state index in [1.807, 2.05) is 0 Å². The first-order valence-corrected chi connectivity index (χ1v) is 1.80. The summed E-state index contributed by atoms with van der Waals surface area (Å²) in [6, 6.07) is 0. The number of rotatable bonds is 0. The van der Waals surface area contributed by atoms with Gasteiger partial charge in [0, 0.05) is 0 Å². The standard InChI is InChI=1S/C4H8NO2/c1-5(2)4(6)7-3/h1H2,2-3H3/q+1. The number of hydrogen-bond acceptors (Lipinski definition) is 2. The van der Waals surface area contributed by atoms with Gasteiger partial charge < -0.3 is 4.74 Å². The van der Waals surface area contributed by atoms with Crippen LogP contribution >= 0.6 is 0 Å². The van der Waals surface area contributed by atoms with Crippen molar-refractivity contribution in [1.82, 2.24) is 0 Å². The molecule has 0 fully saturated rings. The number of carbonyl (C=O) groups excluding carboxylic acids is 1. The topological polar surface area (TPSA) is 29.3 Å². The molecule has 0 atom stereocenters. The molecule has 1 amide bonds. The molecule has 0 aromatic carbocycles. The maximum Gasteiger partial charge on any atom is 0.595 e. The van der Waals surface area contributed by atoms with Crippen LogP contribution in [0.15, 0.2) is 0 Å². The molecule has 0 spiro atoms. The second kappa shape index (κ2) is 2.34. The van der Waals surface area contributed by atoms with Crippen LogP contribution in [0.4, 0.5) is 4.79 Å². The highest BCUT2D eigenvalue weighted by atomic mass is 16.5. The van der Waals surface area contributed by atoms with Gasteiger partial charge in [0.15, 0.2) is 0 Å². The van der Waals surface area contributed by atoms with Gasteiger partial charge in [0.25, 0.3) is 0 Å². The van der Waals surface area contributed by atoms with Gasteiger partial charge in [-0.25, -0.2) is 0 Å². The van der Waals surface area contributed by atoms with Gasteiger partial charge in [-0.3, -0.25) is 0 Å². The summed E-state index contributed by atoms with van der Waals surface area (Å²) >= 11 is 0. The third-order valence-electron chi connectivity index (χ3n) is 0.486. The van der Waals surface area contributed by atoms with Gasteiger partial charge in [0.2, 0.25) is 0 Å². The maximum absolute atomic E-state index is 10.2. The van der Waals surface area contributed by atoms with Crippen LogP contribution in [-0.4, -0.2) is 31.5 Å².